The van der Waals surface area contributed by atoms with Crippen LogP contribution in [-0.2, 0) is 32.7 Å². The van der Waals surface area contributed by atoms with Gasteiger partial charge in [0.05, 0.1) is 5.56 Å². The number of hydrogen-bond donors (Lipinski definition) is 1. The largest absolute Gasteiger partial charge is 0.416 e. The van der Waals surface area contributed by atoms with Crippen LogP contribution >= 0.6 is 0 Å². The molecule has 0 amide bonds. The van der Waals surface area contributed by atoms with Gasteiger partial charge in [0.15, 0.2) is 0 Å². The van der Waals surface area contributed by atoms with Gasteiger partial charge in [0.25, 0.3) is 5.56 Å². The first-order valence-electron chi connectivity index (χ1n) is 8.02. The molecule has 2 aromatic rings. The summed E-state index contributed by atoms with van der Waals surface area (Å²) in [6.07, 6.45) is 3.32. The van der Waals surface area contributed by atoms with Crippen LogP contribution in [0.5, 0.6) is 0 Å². The van der Waals surface area contributed by atoms with Gasteiger partial charge in [-0.15, -0.1) is 13.1 Å². The summed E-state index contributed by atoms with van der Waals surface area (Å²) in [7, 11) is 0. The molecule has 0 aliphatic heterocycles. The van der Waals surface area contributed by atoms with Crippen LogP contribution in [0.3, 0.4) is 0 Å². The molecular formula is C18H28N4OY-2. The molecule has 2 heterocycles. The SMILES string of the molecule is CC.CC.[CH2-]CN(C[CH2-])c1nc(-c2ccncc2)[nH]c(=O)c1C.[Y]. The monoisotopic (exact) mass is 405 g/mol. The second kappa shape index (κ2) is 14.3. The zero-order valence-electron chi connectivity index (χ0n) is 15.5. The van der Waals surface area contributed by atoms with Gasteiger partial charge in [-0.3, -0.25) is 9.78 Å². The summed E-state index contributed by atoms with van der Waals surface area (Å²) in [5, 5.41) is 0. The van der Waals surface area contributed by atoms with E-state index in [1.807, 2.05) is 32.6 Å². The second-order valence-electron chi connectivity index (χ2n) is 4.09. The molecule has 0 aliphatic rings. The van der Waals surface area contributed by atoms with E-state index in [2.05, 4.69) is 28.8 Å². The molecule has 24 heavy (non-hydrogen) atoms. The predicted octanol–water partition coefficient (Wildman–Crippen LogP) is 3.66. The second-order valence-corrected chi connectivity index (χ2v) is 4.09. The molecular weight excluding hydrogens is 377 g/mol. The molecule has 0 saturated carbocycles. The van der Waals surface area contributed by atoms with Gasteiger partial charge < -0.3 is 23.7 Å². The van der Waals surface area contributed by atoms with Crippen molar-refractivity contribution in [3.63, 3.8) is 0 Å². The van der Waals surface area contributed by atoms with Gasteiger partial charge in [0.1, 0.15) is 11.6 Å². The van der Waals surface area contributed by atoms with E-state index < -0.39 is 0 Å². The van der Waals surface area contributed by atoms with Crippen LogP contribution in [0.15, 0.2) is 29.3 Å². The Morgan fingerprint density at radius 3 is 2.04 bits per heavy atom. The summed E-state index contributed by atoms with van der Waals surface area (Å²) in [5.41, 5.74) is 1.25. The summed E-state index contributed by atoms with van der Waals surface area (Å²) in [6, 6.07) is 3.60. The van der Waals surface area contributed by atoms with Crippen molar-refractivity contribution in [1.29, 1.82) is 0 Å². The van der Waals surface area contributed by atoms with Crippen molar-refractivity contribution in [3.05, 3.63) is 54.3 Å². The predicted molar refractivity (Wildman–Crippen MR) is 98.4 cm³/mol. The Morgan fingerprint density at radius 2 is 1.58 bits per heavy atom. The maximum absolute atomic E-state index is 12.0. The third-order valence-electron chi connectivity index (χ3n) is 2.92. The number of pyridine rings is 1. The van der Waals surface area contributed by atoms with Crippen LogP contribution in [0.25, 0.3) is 11.4 Å². The van der Waals surface area contributed by atoms with Crippen LogP contribution in [-0.4, -0.2) is 28.0 Å². The Morgan fingerprint density at radius 1 is 1.08 bits per heavy atom. The number of anilines is 1. The van der Waals surface area contributed by atoms with E-state index in [1.54, 1.807) is 31.5 Å². The molecule has 0 atom stereocenters. The molecule has 5 nitrogen and oxygen atoms in total. The summed E-state index contributed by atoms with van der Waals surface area (Å²) >= 11 is 0. The summed E-state index contributed by atoms with van der Waals surface area (Å²) in [6.45, 7) is 18.4. The van der Waals surface area contributed by atoms with Crippen molar-refractivity contribution in [3.8, 4) is 11.4 Å². The van der Waals surface area contributed by atoms with Gasteiger partial charge in [0.2, 0.25) is 0 Å². The van der Waals surface area contributed by atoms with Crippen molar-refractivity contribution < 1.29 is 32.7 Å². The van der Waals surface area contributed by atoms with E-state index in [0.29, 0.717) is 30.3 Å². The molecule has 0 aromatic carbocycles. The number of H-pyrrole nitrogens is 1. The molecule has 0 fully saturated rings. The maximum Gasteiger partial charge on any atom is 0.256 e. The quantitative estimate of drug-likeness (QED) is 0.789. The minimum Gasteiger partial charge on any atom is -0.416 e. The molecule has 0 bridgehead atoms. The van der Waals surface area contributed by atoms with E-state index in [0.717, 1.165) is 5.56 Å². The first kappa shape index (κ1) is 25.2. The normalized spacial score (nSPS) is 8.79. The molecule has 2 aromatic heterocycles. The van der Waals surface area contributed by atoms with E-state index in [4.69, 9.17) is 0 Å². The number of hydrogen-bond acceptors (Lipinski definition) is 4. The van der Waals surface area contributed by atoms with E-state index in [-0.39, 0.29) is 38.3 Å². The van der Waals surface area contributed by atoms with Crippen molar-refractivity contribution in [1.82, 2.24) is 15.0 Å². The summed E-state index contributed by atoms with van der Waals surface area (Å²) in [4.78, 5) is 25.1. The number of rotatable bonds is 4. The van der Waals surface area contributed by atoms with Crippen LogP contribution in [0.4, 0.5) is 5.82 Å². The average molecular weight is 405 g/mol. The Kier molecular flexibility index (Phi) is 15.0. The standard InChI is InChI=1S/C14H16N4O.2C2H6.Y/c1-4-18(5-2)13-10(3)14(19)17-12(16-13)11-6-8-15-9-7-11;2*1-2;/h6-9H,1-2,4-5H2,3H3,(H,16,17,19);2*1-2H3;/q-2;;;. The minimum absolute atomic E-state index is 0. The van der Waals surface area contributed by atoms with Crippen molar-refractivity contribution in [2.75, 3.05) is 18.0 Å². The van der Waals surface area contributed by atoms with Gasteiger partial charge in [-0.05, 0) is 19.1 Å². The Bertz CT molecular complexity index is 610. The van der Waals surface area contributed by atoms with Crippen LogP contribution < -0.4 is 10.5 Å². The van der Waals surface area contributed by atoms with E-state index >= 15 is 0 Å². The first-order valence-corrected chi connectivity index (χ1v) is 8.02. The molecule has 0 aliphatic carbocycles. The fourth-order valence-electron chi connectivity index (χ4n) is 1.80. The van der Waals surface area contributed by atoms with Gasteiger partial charge in [-0.1, -0.05) is 27.7 Å². The van der Waals surface area contributed by atoms with Gasteiger partial charge in [0, 0.05) is 50.7 Å². The van der Waals surface area contributed by atoms with Gasteiger partial charge >= 0.3 is 0 Å². The first-order chi connectivity index (χ1) is 11.2. The maximum atomic E-state index is 12.0. The Balaban J connectivity index is 0. The molecule has 6 heteroatoms. The smallest absolute Gasteiger partial charge is 0.256 e. The van der Waals surface area contributed by atoms with Crippen molar-refractivity contribution in [2.45, 2.75) is 34.6 Å². The van der Waals surface area contributed by atoms with E-state index in [9.17, 15) is 4.79 Å². The van der Waals surface area contributed by atoms with Crippen molar-refractivity contribution >= 4 is 5.82 Å². The average Bonchev–Trinajstić information content (AvgIpc) is 2.63. The molecule has 131 valence electrons. The molecule has 1 radical (unpaired) electrons. The summed E-state index contributed by atoms with van der Waals surface area (Å²) in [5.74, 6) is 1.15. The van der Waals surface area contributed by atoms with Crippen LogP contribution in [0.1, 0.15) is 33.3 Å². The number of nitrogens with zero attached hydrogens (tertiary/aromatic N) is 3. The summed E-state index contributed by atoms with van der Waals surface area (Å²) < 4.78 is 0. The molecule has 1 N–H and O–H groups in total. The zero-order valence-corrected chi connectivity index (χ0v) is 18.3. The fraction of sp³-hybridized carbons (Fsp3) is 0.389. The van der Waals surface area contributed by atoms with Gasteiger partial charge in [-0.25, -0.2) is 4.98 Å². The van der Waals surface area contributed by atoms with Crippen molar-refractivity contribution in [2.24, 2.45) is 0 Å². The number of nitrogens with one attached hydrogen (secondary N) is 1. The van der Waals surface area contributed by atoms with Crippen LogP contribution in [0, 0.1) is 20.8 Å². The molecule has 0 spiro atoms. The third-order valence-corrected chi connectivity index (χ3v) is 2.92. The molecule has 2 rings (SSSR count). The zero-order chi connectivity index (χ0) is 17.8. The third kappa shape index (κ3) is 6.82. The Hall–Kier alpha value is -1.07. The topological polar surface area (TPSA) is 61.9 Å². The molecule has 0 unspecified atom stereocenters. The van der Waals surface area contributed by atoms with E-state index in [1.165, 1.54) is 0 Å². The fourth-order valence-corrected chi connectivity index (χ4v) is 1.80. The Labute approximate surface area is 171 Å². The van der Waals surface area contributed by atoms with Crippen LogP contribution in [0.2, 0.25) is 0 Å². The molecule has 0 saturated heterocycles. The minimum atomic E-state index is -0.149. The van der Waals surface area contributed by atoms with Gasteiger partial charge in [-0.2, -0.15) is 0 Å². The number of aromatic nitrogens is 3. The number of aromatic amines is 1.